The van der Waals surface area contributed by atoms with E-state index in [2.05, 4.69) is 15.5 Å². The van der Waals surface area contributed by atoms with E-state index in [1.54, 1.807) is 30.6 Å². The third-order valence-corrected chi connectivity index (χ3v) is 2.40. The molecular weight excluding hydrogens is 218 g/mol. The lowest BCUT2D eigenvalue weighted by Crippen LogP contribution is -1.91. The number of aromatic nitrogens is 2. The van der Waals surface area contributed by atoms with Crippen LogP contribution in [0.25, 0.3) is 11.0 Å². The maximum absolute atomic E-state index is 9.76. The molecule has 0 aliphatic carbocycles. The molecule has 84 valence electrons. The number of nitrogens with one attached hydrogen (secondary N) is 1. The number of hydrogen-bond acceptors (Lipinski definition) is 5. The van der Waals surface area contributed by atoms with Gasteiger partial charge in [-0.2, -0.15) is 0 Å². The first-order valence-electron chi connectivity index (χ1n) is 5.09. The Bertz CT molecular complexity index is 649. The molecule has 0 aliphatic heterocycles. The monoisotopic (exact) mass is 227 g/mol. The summed E-state index contributed by atoms with van der Waals surface area (Å²) in [5.41, 5.74) is 1.32. The molecule has 3 aromatic rings. The van der Waals surface area contributed by atoms with E-state index in [1.165, 1.54) is 0 Å². The summed E-state index contributed by atoms with van der Waals surface area (Å²) in [5, 5.41) is 17.2. The van der Waals surface area contributed by atoms with Crippen LogP contribution in [0.3, 0.4) is 0 Å². The molecule has 0 aliphatic rings. The van der Waals surface area contributed by atoms with Crippen LogP contribution < -0.4 is 5.32 Å². The highest BCUT2D eigenvalue weighted by Crippen LogP contribution is 2.32. The van der Waals surface area contributed by atoms with Gasteiger partial charge in [0.1, 0.15) is 11.1 Å². The number of benzene rings is 1. The first-order chi connectivity index (χ1) is 8.34. The summed E-state index contributed by atoms with van der Waals surface area (Å²) in [6.07, 6.45) is 3.35. The Hall–Kier alpha value is -2.56. The van der Waals surface area contributed by atoms with E-state index >= 15 is 0 Å². The van der Waals surface area contributed by atoms with Crippen LogP contribution in [0.2, 0.25) is 0 Å². The van der Waals surface area contributed by atoms with Crippen molar-refractivity contribution in [2.75, 3.05) is 5.32 Å². The average Bonchev–Trinajstić information content (AvgIpc) is 2.75. The number of fused-ring (bicyclic) bond motifs is 1. The molecule has 2 heterocycles. The number of anilines is 2. The van der Waals surface area contributed by atoms with Crippen molar-refractivity contribution in [3.05, 3.63) is 42.7 Å². The fourth-order valence-corrected chi connectivity index (χ4v) is 1.63. The van der Waals surface area contributed by atoms with Crippen LogP contribution in [-0.4, -0.2) is 15.2 Å². The summed E-state index contributed by atoms with van der Waals surface area (Å²) in [6, 6.07) is 8.71. The Morgan fingerprint density at radius 1 is 1.18 bits per heavy atom. The lowest BCUT2D eigenvalue weighted by Gasteiger charge is -2.01. The number of pyridine rings is 1. The van der Waals surface area contributed by atoms with Crippen molar-refractivity contribution in [2.24, 2.45) is 0 Å². The molecule has 5 heteroatoms. The lowest BCUT2D eigenvalue weighted by atomic mass is 10.2. The Kier molecular flexibility index (Phi) is 2.15. The highest BCUT2D eigenvalue weighted by Gasteiger charge is 2.11. The van der Waals surface area contributed by atoms with Gasteiger partial charge in [-0.3, -0.25) is 4.98 Å². The number of nitrogens with zero attached hydrogens (tertiary/aromatic N) is 2. The van der Waals surface area contributed by atoms with Gasteiger partial charge in [0, 0.05) is 6.20 Å². The predicted octanol–water partition coefficient (Wildman–Crippen LogP) is 2.67. The Labute approximate surface area is 96.7 Å². The molecule has 0 bridgehead atoms. The van der Waals surface area contributed by atoms with Crippen molar-refractivity contribution in [1.29, 1.82) is 0 Å². The van der Waals surface area contributed by atoms with Gasteiger partial charge in [-0.1, -0.05) is 11.2 Å². The minimum absolute atomic E-state index is 0.134. The first-order valence-corrected chi connectivity index (χ1v) is 5.09. The zero-order chi connectivity index (χ0) is 11.7. The summed E-state index contributed by atoms with van der Waals surface area (Å²) in [7, 11) is 0. The molecule has 0 atom stereocenters. The predicted molar refractivity (Wildman–Crippen MR) is 63.2 cm³/mol. The zero-order valence-electron chi connectivity index (χ0n) is 8.79. The van der Waals surface area contributed by atoms with Gasteiger partial charge < -0.3 is 14.9 Å². The molecule has 2 aromatic heterocycles. The van der Waals surface area contributed by atoms with E-state index in [4.69, 9.17) is 4.52 Å². The Morgan fingerprint density at radius 2 is 2.12 bits per heavy atom. The van der Waals surface area contributed by atoms with Crippen LogP contribution >= 0.6 is 0 Å². The molecule has 1 aromatic carbocycles. The van der Waals surface area contributed by atoms with Crippen molar-refractivity contribution in [3.63, 3.8) is 0 Å². The molecular formula is C12H9N3O2. The fourth-order valence-electron chi connectivity index (χ4n) is 1.63. The molecule has 2 N–H and O–H groups in total. The summed E-state index contributed by atoms with van der Waals surface area (Å²) in [6.45, 7) is 0. The molecule has 0 amide bonds. The van der Waals surface area contributed by atoms with E-state index in [1.807, 2.05) is 12.1 Å². The minimum Gasteiger partial charge on any atom is -0.507 e. The summed E-state index contributed by atoms with van der Waals surface area (Å²) in [4.78, 5) is 3.98. The van der Waals surface area contributed by atoms with E-state index < -0.39 is 0 Å². The topological polar surface area (TPSA) is 71.2 Å². The van der Waals surface area contributed by atoms with Gasteiger partial charge in [0.05, 0.1) is 11.9 Å². The van der Waals surface area contributed by atoms with Gasteiger partial charge in [-0.15, -0.1) is 0 Å². The van der Waals surface area contributed by atoms with Gasteiger partial charge in [0.2, 0.25) is 0 Å². The van der Waals surface area contributed by atoms with Gasteiger partial charge in [0.15, 0.2) is 11.4 Å². The van der Waals surface area contributed by atoms with E-state index in [0.29, 0.717) is 16.8 Å². The zero-order valence-corrected chi connectivity index (χ0v) is 8.79. The van der Waals surface area contributed by atoms with Crippen LogP contribution in [0.1, 0.15) is 0 Å². The van der Waals surface area contributed by atoms with E-state index in [0.717, 1.165) is 5.69 Å². The number of rotatable bonds is 2. The fraction of sp³-hybridized carbons (Fsp3) is 0. The third kappa shape index (κ3) is 1.67. The number of phenols is 1. The second-order valence-corrected chi connectivity index (χ2v) is 3.55. The highest BCUT2D eigenvalue weighted by atomic mass is 16.5. The molecule has 0 unspecified atom stereocenters. The summed E-state index contributed by atoms with van der Waals surface area (Å²) >= 11 is 0. The summed E-state index contributed by atoms with van der Waals surface area (Å²) < 4.78 is 5.11. The van der Waals surface area contributed by atoms with Gasteiger partial charge in [-0.25, -0.2) is 0 Å². The maximum Gasteiger partial charge on any atom is 0.185 e. The number of hydrogen-bond donors (Lipinski definition) is 2. The second-order valence-electron chi connectivity index (χ2n) is 3.55. The Balaban J connectivity index is 2.07. The van der Waals surface area contributed by atoms with Crippen molar-refractivity contribution in [1.82, 2.24) is 10.1 Å². The third-order valence-electron chi connectivity index (χ3n) is 2.40. The van der Waals surface area contributed by atoms with Crippen molar-refractivity contribution < 1.29 is 9.63 Å². The summed E-state index contributed by atoms with van der Waals surface area (Å²) in [5.74, 6) is 0.612. The highest BCUT2D eigenvalue weighted by molar-refractivity contribution is 5.94. The first kappa shape index (κ1) is 9.65. The lowest BCUT2D eigenvalue weighted by molar-refractivity contribution is 0.459. The molecule has 0 fully saturated rings. The molecule has 0 saturated heterocycles. The van der Waals surface area contributed by atoms with Gasteiger partial charge in [-0.05, 0) is 24.3 Å². The largest absolute Gasteiger partial charge is 0.507 e. The van der Waals surface area contributed by atoms with Crippen LogP contribution in [0.4, 0.5) is 11.5 Å². The molecule has 5 nitrogen and oxygen atoms in total. The van der Waals surface area contributed by atoms with Crippen LogP contribution in [0, 0.1) is 0 Å². The second kappa shape index (κ2) is 3.79. The molecule has 0 saturated carbocycles. The maximum atomic E-state index is 9.76. The number of aromatic hydroxyl groups is 1. The van der Waals surface area contributed by atoms with Crippen molar-refractivity contribution >= 4 is 22.5 Å². The van der Waals surface area contributed by atoms with E-state index in [-0.39, 0.29) is 5.75 Å². The molecule has 17 heavy (non-hydrogen) atoms. The SMILES string of the molecule is Oc1cccc2onc(Nc3cccnc3)c12. The van der Waals surface area contributed by atoms with Crippen molar-refractivity contribution in [3.8, 4) is 5.75 Å². The molecule has 3 rings (SSSR count). The van der Waals surface area contributed by atoms with Crippen LogP contribution in [0.5, 0.6) is 5.75 Å². The van der Waals surface area contributed by atoms with Gasteiger partial charge >= 0.3 is 0 Å². The van der Waals surface area contributed by atoms with Gasteiger partial charge in [0.25, 0.3) is 0 Å². The quantitative estimate of drug-likeness (QED) is 0.704. The Morgan fingerprint density at radius 3 is 2.94 bits per heavy atom. The van der Waals surface area contributed by atoms with Crippen molar-refractivity contribution in [2.45, 2.75) is 0 Å². The van der Waals surface area contributed by atoms with E-state index in [9.17, 15) is 5.11 Å². The average molecular weight is 227 g/mol. The molecule has 0 radical (unpaired) electrons. The standard InChI is InChI=1S/C12H9N3O2/c16-9-4-1-5-10-11(9)12(15-17-10)14-8-3-2-6-13-7-8/h1-7,16H,(H,14,15). The normalized spacial score (nSPS) is 10.6. The molecule has 0 spiro atoms. The van der Waals surface area contributed by atoms with Crippen LogP contribution in [-0.2, 0) is 0 Å². The number of phenolic OH excluding ortho intramolecular Hbond substituents is 1. The minimum atomic E-state index is 0.134. The smallest absolute Gasteiger partial charge is 0.185 e. The van der Waals surface area contributed by atoms with Crippen LogP contribution in [0.15, 0.2) is 47.2 Å².